The van der Waals surface area contributed by atoms with Crippen LogP contribution in [0.1, 0.15) is 46.2 Å². The van der Waals surface area contributed by atoms with Crippen LogP contribution in [0.5, 0.6) is 0 Å². The molecule has 10 heteroatoms. The standard InChI is InChI=1S/C19H21ClF3N3O2S/c20-12-2-1-3-13(21)15(12)19(28)24-8-14(17-16(18(22)23)25-10-29-17)26-6-4-11(9-27)5-7-26/h1-3,10-11,14,18,27H,4-9H2,(H,24,28). The van der Waals surface area contributed by atoms with Gasteiger partial charge in [0, 0.05) is 13.2 Å². The van der Waals surface area contributed by atoms with E-state index in [0.29, 0.717) is 18.0 Å². The lowest BCUT2D eigenvalue weighted by Crippen LogP contribution is -2.42. The van der Waals surface area contributed by atoms with Crippen LogP contribution in [-0.4, -0.2) is 47.1 Å². The molecule has 2 N–H and O–H groups in total. The van der Waals surface area contributed by atoms with Crippen LogP contribution in [0.2, 0.25) is 5.02 Å². The fourth-order valence-electron chi connectivity index (χ4n) is 3.50. The van der Waals surface area contributed by atoms with Crippen LogP contribution in [0.15, 0.2) is 23.7 Å². The van der Waals surface area contributed by atoms with E-state index in [1.165, 1.54) is 17.6 Å². The summed E-state index contributed by atoms with van der Waals surface area (Å²) in [6.07, 6.45) is -1.28. The van der Waals surface area contributed by atoms with Gasteiger partial charge in [0.05, 0.1) is 27.0 Å². The number of alkyl halides is 2. The number of nitrogens with one attached hydrogen (secondary N) is 1. The molecule has 0 spiro atoms. The smallest absolute Gasteiger partial charge is 0.281 e. The molecule has 1 unspecified atom stereocenters. The lowest BCUT2D eigenvalue weighted by atomic mass is 9.96. The molecular formula is C19H21ClF3N3O2S. The Kier molecular flexibility index (Phi) is 7.50. The van der Waals surface area contributed by atoms with Gasteiger partial charge < -0.3 is 10.4 Å². The van der Waals surface area contributed by atoms with E-state index in [4.69, 9.17) is 11.6 Å². The second kappa shape index (κ2) is 9.88. The number of aromatic nitrogens is 1. The second-order valence-electron chi connectivity index (χ2n) is 6.89. The molecule has 0 aliphatic carbocycles. The highest BCUT2D eigenvalue weighted by atomic mass is 35.5. The molecular weight excluding hydrogens is 427 g/mol. The molecule has 158 valence electrons. The molecule has 1 atom stereocenters. The largest absolute Gasteiger partial charge is 0.396 e. The molecule has 0 saturated carbocycles. The number of thiazole rings is 1. The Hall–Kier alpha value is -1.68. The van der Waals surface area contributed by atoms with Crippen molar-refractivity contribution in [2.75, 3.05) is 26.2 Å². The molecule has 29 heavy (non-hydrogen) atoms. The quantitative estimate of drug-likeness (QED) is 0.672. The highest BCUT2D eigenvalue weighted by Crippen LogP contribution is 2.35. The topological polar surface area (TPSA) is 65.5 Å². The maximum atomic E-state index is 14.0. The minimum atomic E-state index is -2.73. The molecule has 1 aliphatic rings. The average molecular weight is 448 g/mol. The number of carbonyl (C=O) groups is 1. The predicted molar refractivity (Wildman–Crippen MR) is 105 cm³/mol. The summed E-state index contributed by atoms with van der Waals surface area (Å²) in [4.78, 5) is 18.7. The maximum absolute atomic E-state index is 14.0. The van der Waals surface area contributed by atoms with Gasteiger partial charge in [0.15, 0.2) is 0 Å². The van der Waals surface area contributed by atoms with Crippen molar-refractivity contribution in [2.24, 2.45) is 5.92 Å². The van der Waals surface area contributed by atoms with Crippen molar-refractivity contribution in [1.29, 1.82) is 0 Å². The Morgan fingerprint density at radius 1 is 1.38 bits per heavy atom. The first-order valence-electron chi connectivity index (χ1n) is 9.20. The monoisotopic (exact) mass is 447 g/mol. The first kappa shape index (κ1) is 22.0. The van der Waals surface area contributed by atoms with E-state index in [1.54, 1.807) is 0 Å². The van der Waals surface area contributed by atoms with Gasteiger partial charge in [-0.05, 0) is 44.0 Å². The van der Waals surface area contributed by atoms with Crippen molar-refractivity contribution in [3.05, 3.63) is 50.7 Å². The van der Waals surface area contributed by atoms with Crippen molar-refractivity contribution < 1.29 is 23.1 Å². The Morgan fingerprint density at radius 3 is 2.72 bits per heavy atom. The first-order chi connectivity index (χ1) is 13.9. The van der Waals surface area contributed by atoms with Crippen molar-refractivity contribution in [1.82, 2.24) is 15.2 Å². The number of hydrogen-bond acceptors (Lipinski definition) is 5. The van der Waals surface area contributed by atoms with Gasteiger partial charge in [-0.15, -0.1) is 11.3 Å². The second-order valence-corrected chi connectivity index (χ2v) is 8.18. The Morgan fingerprint density at radius 2 is 2.10 bits per heavy atom. The molecule has 5 nitrogen and oxygen atoms in total. The van der Waals surface area contributed by atoms with E-state index in [0.717, 1.165) is 30.2 Å². The summed E-state index contributed by atoms with van der Waals surface area (Å²) >= 11 is 7.05. The summed E-state index contributed by atoms with van der Waals surface area (Å²) < 4.78 is 40.8. The molecule has 1 amide bonds. The number of rotatable bonds is 7. The summed E-state index contributed by atoms with van der Waals surface area (Å²) in [6, 6.07) is 3.42. The minimum Gasteiger partial charge on any atom is -0.396 e. The third-order valence-corrected chi connectivity index (χ3v) is 6.39. The normalized spacial score (nSPS) is 16.9. The van der Waals surface area contributed by atoms with Crippen LogP contribution in [-0.2, 0) is 0 Å². The third-order valence-electron chi connectivity index (χ3n) is 5.13. The number of aliphatic hydroxyl groups excluding tert-OH is 1. The zero-order valence-electron chi connectivity index (χ0n) is 15.5. The van der Waals surface area contributed by atoms with E-state index >= 15 is 0 Å². The van der Waals surface area contributed by atoms with Gasteiger partial charge in [-0.1, -0.05) is 17.7 Å². The summed E-state index contributed by atoms with van der Waals surface area (Å²) in [5, 5.41) is 12.0. The number of benzene rings is 1. The van der Waals surface area contributed by atoms with Crippen LogP contribution in [0.25, 0.3) is 0 Å². The molecule has 2 aromatic rings. The number of nitrogens with zero attached hydrogens (tertiary/aromatic N) is 2. The molecule has 1 aromatic carbocycles. The fourth-order valence-corrected chi connectivity index (χ4v) is 4.69. The molecule has 1 aliphatic heterocycles. The van der Waals surface area contributed by atoms with Crippen molar-refractivity contribution >= 4 is 28.8 Å². The molecule has 1 fully saturated rings. The summed E-state index contributed by atoms with van der Waals surface area (Å²) in [5.41, 5.74) is 0.785. The van der Waals surface area contributed by atoms with Gasteiger partial charge >= 0.3 is 0 Å². The van der Waals surface area contributed by atoms with Crippen LogP contribution in [0, 0.1) is 11.7 Å². The molecule has 1 saturated heterocycles. The number of piperidine rings is 1. The van der Waals surface area contributed by atoms with Crippen molar-refractivity contribution in [3.8, 4) is 0 Å². The van der Waals surface area contributed by atoms with E-state index in [-0.39, 0.29) is 35.3 Å². The number of likely N-dealkylation sites (tertiary alicyclic amines) is 1. The molecule has 3 rings (SSSR count). The third kappa shape index (κ3) is 5.09. The number of hydrogen-bond donors (Lipinski definition) is 2. The molecule has 0 radical (unpaired) electrons. The van der Waals surface area contributed by atoms with Gasteiger partial charge in [-0.3, -0.25) is 9.69 Å². The number of amides is 1. The van der Waals surface area contributed by atoms with Gasteiger partial charge in [0.25, 0.3) is 12.3 Å². The summed E-state index contributed by atoms with van der Waals surface area (Å²) in [5.74, 6) is -1.28. The van der Waals surface area contributed by atoms with E-state index in [1.807, 2.05) is 4.90 Å². The summed E-state index contributed by atoms with van der Waals surface area (Å²) in [6.45, 7) is 1.28. The van der Waals surface area contributed by atoms with Crippen LogP contribution < -0.4 is 5.32 Å². The highest BCUT2D eigenvalue weighted by molar-refractivity contribution is 7.09. The van der Waals surface area contributed by atoms with Crippen LogP contribution in [0.4, 0.5) is 13.2 Å². The van der Waals surface area contributed by atoms with E-state index < -0.39 is 24.2 Å². The molecule has 1 aromatic heterocycles. The fraction of sp³-hybridized carbons (Fsp3) is 0.474. The van der Waals surface area contributed by atoms with Crippen molar-refractivity contribution in [3.63, 3.8) is 0 Å². The first-order valence-corrected chi connectivity index (χ1v) is 10.5. The predicted octanol–water partition coefficient (Wildman–Crippen LogP) is 4.05. The highest BCUT2D eigenvalue weighted by Gasteiger charge is 2.31. The van der Waals surface area contributed by atoms with E-state index in [2.05, 4.69) is 10.3 Å². The molecule has 0 bridgehead atoms. The number of aliphatic hydroxyl groups is 1. The van der Waals surface area contributed by atoms with E-state index in [9.17, 15) is 23.1 Å². The summed E-state index contributed by atoms with van der Waals surface area (Å²) in [7, 11) is 0. The minimum absolute atomic E-state index is 0.00913. The van der Waals surface area contributed by atoms with Crippen LogP contribution >= 0.6 is 22.9 Å². The van der Waals surface area contributed by atoms with Gasteiger partial charge in [-0.25, -0.2) is 18.2 Å². The zero-order valence-corrected chi connectivity index (χ0v) is 17.0. The van der Waals surface area contributed by atoms with Crippen molar-refractivity contribution in [2.45, 2.75) is 25.3 Å². The Balaban J connectivity index is 1.80. The van der Waals surface area contributed by atoms with Gasteiger partial charge in [-0.2, -0.15) is 0 Å². The number of halogens is 4. The van der Waals surface area contributed by atoms with Gasteiger partial charge in [0.1, 0.15) is 11.5 Å². The SMILES string of the molecule is O=C(NCC(c1scnc1C(F)F)N1CCC(CO)CC1)c1c(F)cccc1Cl. The average Bonchev–Trinajstić information content (AvgIpc) is 3.18. The van der Waals surface area contributed by atoms with Gasteiger partial charge in [0.2, 0.25) is 0 Å². The lowest BCUT2D eigenvalue weighted by molar-refractivity contribution is 0.0853. The zero-order chi connectivity index (χ0) is 21.0. The Bertz CT molecular complexity index is 824. The molecule has 2 heterocycles. The number of carbonyl (C=O) groups excluding carboxylic acids is 1. The van der Waals surface area contributed by atoms with Crippen LogP contribution in [0.3, 0.4) is 0 Å². The Labute approximate surface area is 175 Å². The maximum Gasteiger partial charge on any atom is 0.281 e. The lowest BCUT2D eigenvalue weighted by Gasteiger charge is -2.37.